The highest BCUT2D eigenvalue weighted by molar-refractivity contribution is 5.97. The van der Waals surface area contributed by atoms with Gasteiger partial charge in [0, 0.05) is 12.1 Å². The van der Waals surface area contributed by atoms with Crippen molar-refractivity contribution in [2.75, 3.05) is 13.3 Å². The van der Waals surface area contributed by atoms with E-state index in [2.05, 4.69) is 0 Å². The Hall–Kier alpha value is -2.24. The Morgan fingerprint density at radius 2 is 2.05 bits per heavy atom. The number of carbonyl (C=O) groups is 2. The van der Waals surface area contributed by atoms with Crippen LogP contribution in [0.1, 0.15) is 23.2 Å². The number of carboxylic acids is 1. The van der Waals surface area contributed by atoms with E-state index in [0.29, 0.717) is 36.4 Å². The molecule has 0 spiro atoms. The van der Waals surface area contributed by atoms with Crippen LogP contribution >= 0.6 is 0 Å². The molecule has 0 aliphatic carbocycles. The summed E-state index contributed by atoms with van der Waals surface area (Å²) < 4.78 is 10.4. The van der Waals surface area contributed by atoms with E-state index in [9.17, 15) is 9.59 Å². The summed E-state index contributed by atoms with van der Waals surface area (Å²) in [5.74, 6) is -0.0977. The number of rotatable bonds is 2. The average molecular weight is 263 g/mol. The summed E-state index contributed by atoms with van der Waals surface area (Å²) >= 11 is 0. The number of carbonyl (C=O) groups excluding carboxylic acids is 1. The van der Waals surface area contributed by atoms with Gasteiger partial charge < -0.3 is 19.5 Å². The smallest absolute Gasteiger partial charge is 0.326 e. The third kappa shape index (κ3) is 1.99. The van der Waals surface area contributed by atoms with Gasteiger partial charge in [0.2, 0.25) is 6.79 Å². The molecule has 1 fully saturated rings. The monoisotopic (exact) mass is 263 g/mol. The molecule has 1 amide bonds. The highest BCUT2D eigenvalue weighted by atomic mass is 16.7. The molecule has 1 aromatic carbocycles. The topological polar surface area (TPSA) is 76.1 Å². The summed E-state index contributed by atoms with van der Waals surface area (Å²) in [5.41, 5.74) is 0.428. The van der Waals surface area contributed by atoms with E-state index in [1.807, 2.05) is 0 Å². The molecule has 2 aliphatic rings. The highest BCUT2D eigenvalue weighted by Gasteiger charge is 2.34. The first kappa shape index (κ1) is 11.8. The molecule has 2 aliphatic heterocycles. The Kier molecular flexibility index (Phi) is 2.77. The minimum absolute atomic E-state index is 0.147. The van der Waals surface area contributed by atoms with E-state index < -0.39 is 12.0 Å². The first-order valence-corrected chi connectivity index (χ1v) is 6.10. The summed E-state index contributed by atoms with van der Waals surface area (Å²) in [4.78, 5) is 24.8. The van der Waals surface area contributed by atoms with Crippen molar-refractivity contribution in [3.63, 3.8) is 0 Å². The number of ether oxygens (including phenoxy) is 2. The van der Waals surface area contributed by atoms with Gasteiger partial charge in [-0.1, -0.05) is 0 Å². The first-order valence-electron chi connectivity index (χ1n) is 6.10. The lowest BCUT2D eigenvalue weighted by molar-refractivity contribution is -0.141. The summed E-state index contributed by atoms with van der Waals surface area (Å²) in [7, 11) is 0. The lowest BCUT2D eigenvalue weighted by Gasteiger charge is -2.21. The van der Waals surface area contributed by atoms with Gasteiger partial charge in [-0.05, 0) is 31.0 Å². The van der Waals surface area contributed by atoms with E-state index in [1.54, 1.807) is 18.2 Å². The first-order chi connectivity index (χ1) is 9.16. The fourth-order valence-corrected chi connectivity index (χ4v) is 2.46. The number of nitrogens with zero attached hydrogens (tertiary/aromatic N) is 1. The summed E-state index contributed by atoms with van der Waals surface area (Å²) in [6, 6.07) is 4.18. The second-order valence-corrected chi connectivity index (χ2v) is 4.56. The largest absolute Gasteiger partial charge is 0.480 e. The van der Waals surface area contributed by atoms with Crippen molar-refractivity contribution >= 4 is 11.9 Å². The molecular weight excluding hydrogens is 250 g/mol. The van der Waals surface area contributed by atoms with Crippen LogP contribution in [-0.2, 0) is 4.79 Å². The molecule has 1 N–H and O–H groups in total. The van der Waals surface area contributed by atoms with Gasteiger partial charge in [-0.15, -0.1) is 0 Å². The van der Waals surface area contributed by atoms with Crippen molar-refractivity contribution in [2.24, 2.45) is 0 Å². The van der Waals surface area contributed by atoms with Crippen molar-refractivity contribution < 1.29 is 24.2 Å². The van der Waals surface area contributed by atoms with Crippen molar-refractivity contribution in [3.8, 4) is 11.5 Å². The minimum atomic E-state index is -0.952. The standard InChI is InChI=1S/C13H13NO5/c15-12(14-5-1-2-9(14)13(16)17)8-3-4-10-11(6-8)19-7-18-10/h3-4,6,9H,1-2,5,7H2,(H,16,17)/t9-/m1/s1. The van der Waals surface area contributed by atoms with E-state index in [4.69, 9.17) is 14.6 Å². The SMILES string of the molecule is O=C(O)[C@H]1CCCN1C(=O)c1ccc2c(c1)OCO2. The van der Waals surface area contributed by atoms with Crippen LogP contribution in [0.5, 0.6) is 11.5 Å². The van der Waals surface area contributed by atoms with Crippen LogP contribution in [-0.4, -0.2) is 41.3 Å². The summed E-state index contributed by atoms with van der Waals surface area (Å²) in [6.07, 6.45) is 1.22. The van der Waals surface area contributed by atoms with Gasteiger partial charge in [0.15, 0.2) is 11.5 Å². The maximum Gasteiger partial charge on any atom is 0.326 e. The number of fused-ring (bicyclic) bond motifs is 1. The predicted molar refractivity (Wildman–Crippen MR) is 64.3 cm³/mol. The zero-order valence-electron chi connectivity index (χ0n) is 10.2. The zero-order chi connectivity index (χ0) is 13.4. The predicted octanol–water partition coefficient (Wildman–Crippen LogP) is 1.10. The van der Waals surface area contributed by atoms with E-state index in [-0.39, 0.29) is 12.7 Å². The molecule has 0 bridgehead atoms. The van der Waals surface area contributed by atoms with Crippen LogP contribution < -0.4 is 9.47 Å². The minimum Gasteiger partial charge on any atom is -0.480 e. The number of benzene rings is 1. The van der Waals surface area contributed by atoms with E-state index >= 15 is 0 Å². The molecule has 2 heterocycles. The number of carboxylic acid groups (broad SMARTS) is 1. The Morgan fingerprint density at radius 1 is 1.26 bits per heavy atom. The highest BCUT2D eigenvalue weighted by Crippen LogP contribution is 2.33. The normalized spacial score (nSPS) is 20.6. The van der Waals surface area contributed by atoms with Gasteiger partial charge in [0.25, 0.3) is 5.91 Å². The molecule has 0 aromatic heterocycles. The molecule has 1 atom stereocenters. The van der Waals surface area contributed by atoms with Gasteiger partial charge >= 0.3 is 5.97 Å². The van der Waals surface area contributed by atoms with Crippen molar-refractivity contribution in [1.29, 1.82) is 0 Å². The quantitative estimate of drug-likeness (QED) is 0.864. The van der Waals surface area contributed by atoms with Gasteiger partial charge in [-0.3, -0.25) is 4.79 Å². The number of likely N-dealkylation sites (tertiary alicyclic amines) is 1. The molecule has 6 nitrogen and oxygen atoms in total. The van der Waals surface area contributed by atoms with Crippen molar-refractivity contribution in [1.82, 2.24) is 4.90 Å². The molecule has 3 rings (SSSR count). The number of amides is 1. The lowest BCUT2D eigenvalue weighted by atomic mass is 10.1. The molecule has 6 heteroatoms. The molecule has 0 radical (unpaired) electrons. The second kappa shape index (κ2) is 4.46. The molecule has 1 saturated heterocycles. The average Bonchev–Trinajstić information content (AvgIpc) is 3.05. The van der Waals surface area contributed by atoms with Crippen LogP contribution in [0.25, 0.3) is 0 Å². The van der Waals surface area contributed by atoms with Crippen LogP contribution in [0.4, 0.5) is 0 Å². The maximum atomic E-state index is 12.3. The third-order valence-electron chi connectivity index (χ3n) is 3.42. The summed E-state index contributed by atoms with van der Waals surface area (Å²) in [5, 5.41) is 9.10. The maximum absolute atomic E-state index is 12.3. The van der Waals surface area contributed by atoms with Gasteiger partial charge in [0.1, 0.15) is 6.04 Å². The Labute approximate surface area is 109 Å². The fourth-order valence-electron chi connectivity index (χ4n) is 2.46. The Bertz CT molecular complexity index is 542. The Morgan fingerprint density at radius 3 is 2.84 bits per heavy atom. The van der Waals surface area contributed by atoms with Crippen LogP contribution in [0.2, 0.25) is 0 Å². The fraction of sp³-hybridized carbons (Fsp3) is 0.385. The molecule has 1 aromatic rings. The molecule has 0 saturated carbocycles. The van der Waals surface area contributed by atoms with Crippen molar-refractivity contribution in [2.45, 2.75) is 18.9 Å². The zero-order valence-corrected chi connectivity index (χ0v) is 10.2. The van der Waals surface area contributed by atoms with Gasteiger partial charge in [-0.2, -0.15) is 0 Å². The summed E-state index contributed by atoms with van der Waals surface area (Å²) in [6.45, 7) is 0.624. The lowest BCUT2D eigenvalue weighted by Crippen LogP contribution is -2.40. The third-order valence-corrected chi connectivity index (χ3v) is 3.42. The number of hydrogen-bond donors (Lipinski definition) is 1. The van der Waals surface area contributed by atoms with Crippen molar-refractivity contribution in [3.05, 3.63) is 23.8 Å². The molecule has 0 unspecified atom stereocenters. The molecule has 19 heavy (non-hydrogen) atoms. The second-order valence-electron chi connectivity index (χ2n) is 4.56. The molecule has 100 valence electrons. The van der Waals surface area contributed by atoms with E-state index in [0.717, 1.165) is 0 Å². The number of hydrogen-bond acceptors (Lipinski definition) is 4. The van der Waals surface area contributed by atoms with Crippen LogP contribution in [0.15, 0.2) is 18.2 Å². The van der Waals surface area contributed by atoms with Crippen LogP contribution in [0.3, 0.4) is 0 Å². The Balaban J connectivity index is 1.85. The van der Waals surface area contributed by atoms with E-state index in [1.165, 1.54) is 4.90 Å². The van der Waals surface area contributed by atoms with Gasteiger partial charge in [0.05, 0.1) is 0 Å². The molecular formula is C13H13NO5. The van der Waals surface area contributed by atoms with Gasteiger partial charge in [-0.25, -0.2) is 4.79 Å². The van der Waals surface area contributed by atoms with Crippen LogP contribution in [0, 0.1) is 0 Å². The number of aliphatic carboxylic acids is 1.